The number of carbonyl (C=O) groups excluding carboxylic acids is 1. The fourth-order valence-electron chi connectivity index (χ4n) is 2.27. The molecule has 0 aliphatic rings. The van der Waals surface area contributed by atoms with E-state index >= 15 is 0 Å². The zero-order valence-corrected chi connectivity index (χ0v) is 16.5. The Morgan fingerprint density at radius 2 is 1.89 bits per heavy atom. The molecule has 2 rings (SSSR count). The predicted octanol–water partition coefficient (Wildman–Crippen LogP) is 4.93. The normalized spacial score (nSPS) is 10.9. The SMILES string of the molecule is CCOc1cc(OCC)c(/C=C(/C#N)C(=O)Nc2ccccc2F)cc1Br. The van der Waals surface area contributed by atoms with E-state index in [4.69, 9.17) is 9.47 Å². The summed E-state index contributed by atoms with van der Waals surface area (Å²) in [5, 5.41) is 11.8. The van der Waals surface area contributed by atoms with Gasteiger partial charge in [-0.05, 0) is 54.1 Å². The Balaban J connectivity index is 2.38. The van der Waals surface area contributed by atoms with Crippen LogP contribution in [0.15, 0.2) is 46.4 Å². The van der Waals surface area contributed by atoms with Gasteiger partial charge in [0, 0.05) is 11.6 Å². The molecule has 0 heterocycles. The molecule has 0 aliphatic heterocycles. The summed E-state index contributed by atoms with van der Waals surface area (Å²) in [5.41, 5.74) is 0.337. The molecule has 0 saturated heterocycles. The summed E-state index contributed by atoms with van der Waals surface area (Å²) in [6.45, 7) is 4.57. The minimum absolute atomic E-state index is 0.00144. The van der Waals surface area contributed by atoms with Gasteiger partial charge < -0.3 is 14.8 Å². The predicted molar refractivity (Wildman–Crippen MR) is 105 cm³/mol. The number of carbonyl (C=O) groups is 1. The number of rotatable bonds is 7. The van der Waals surface area contributed by atoms with Crippen LogP contribution in [0.4, 0.5) is 10.1 Å². The Kier molecular flexibility index (Phi) is 7.38. The smallest absolute Gasteiger partial charge is 0.266 e. The van der Waals surface area contributed by atoms with Crippen molar-refractivity contribution in [1.82, 2.24) is 0 Å². The molecule has 0 fully saturated rings. The largest absolute Gasteiger partial charge is 0.493 e. The van der Waals surface area contributed by atoms with Crippen LogP contribution < -0.4 is 14.8 Å². The van der Waals surface area contributed by atoms with Crippen molar-refractivity contribution >= 4 is 33.6 Å². The average Bonchev–Trinajstić information content (AvgIpc) is 2.65. The van der Waals surface area contributed by atoms with Gasteiger partial charge in [-0.1, -0.05) is 12.1 Å². The Hall–Kier alpha value is -2.85. The van der Waals surface area contributed by atoms with Crippen LogP contribution in [-0.2, 0) is 4.79 Å². The zero-order valence-electron chi connectivity index (χ0n) is 14.9. The van der Waals surface area contributed by atoms with Gasteiger partial charge in [-0.15, -0.1) is 0 Å². The van der Waals surface area contributed by atoms with Crippen LogP contribution in [0.5, 0.6) is 11.5 Å². The molecule has 0 atom stereocenters. The lowest BCUT2D eigenvalue weighted by Crippen LogP contribution is -2.14. The molecular weight excluding hydrogens is 415 g/mol. The van der Waals surface area contributed by atoms with Crippen molar-refractivity contribution in [2.75, 3.05) is 18.5 Å². The molecule has 2 aromatic rings. The van der Waals surface area contributed by atoms with Crippen molar-refractivity contribution in [2.45, 2.75) is 13.8 Å². The number of nitrogens with one attached hydrogen (secondary N) is 1. The molecule has 0 unspecified atom stereocenters. The van der Waals surface area contributed by atoms with Gasteiger partial charge in [0.05, 0.1) is 23.4 Å². The third kappa shape index (κ3) is 5.31. The fraction of sp³-hybridized carbons (Fsp3) is 0.200. The lowest BCUT2D eigenvalue weighted by Gasteiger charge is -2.13. The van der Waals surface area contributed by atoms with Crippen molar-refractivity contribution in [3.63, 3.8) is 0 Å². The average molecular weight is 433 g/mol. The van der Waals surface area contributed by atoms with Gasteiger partial charge in [0.15, 0.2) is 0 Å². The molecule has 140 valence electrons. The van der Waals surface area contributed by atoms with E-state index in [1.54, 1.807) is 18.2 Å². The van der Waals surface area contributed by atoms with E-state index in [0.29, 0.717) is 34.7 Å². The molecule has 1 N–H and O–H groups in total. The molecule has 0 aromatic heterocycles. The van der Waals surface area contributed by atoms with Gasteiger partial charge in [0.1, 0.15) is 29.0 Å². The van der Waals surface area contributed by atoms with E-state index in [1.165, 1.54) is 24.3 Å². The molecule has 1 amide bonds. The molecule has 7 heteroatoms. The topological polar surface area (TPSA) is 71.3 Å². The first kappa shape index (κ1) is 20.5. The zero-order chi connectivity index (χ0) is 19.8. The summed E-state index contributed by atoms with van der Waals surface area (Å²) in [6, 6.07) is 11.0. The number of benzene rings is 2. The quantitative estimate of drug-likeness (QED) is 0.497. The molecule has 0 radical (unpaired) electrons. The number of nitrogens with zero attached hydrogens (tertiary/aromatic N) is 1. The van der Waals surface area contributed by atoms with Crippen molar-refractivity contribution in [3.8, 4) is 17.6 Å². The Bertz CT molecular complexity index is 907. The number of halogens is 2. The summed E-state index contributed by atoms with van der Waals surface area (Å²) in [4.78, 5) is 12.4. The van der Waals surface area contributed by atoms with E-state index in [1.807, 2.05) is 19.9 Å². The van der Waals surface area contributed by atoms with E-state index in [2.05, 4.69) is 21.2 Å². The Morgan fingerprint density at radius 1 is 1.22 bits per heavy atom. The fourth-order valence-corrected chi connectivity index (χ4v) is 2.74. The Labute approximate surface area is 165 Å². The number of nitriles is 1. The first-order valence-electron chi connectivity index (χ1n) is 8.26. The van der Waals surface area contributed by atoms with Crippen molar-refractivity contribution in [2.24, 2.45) is 0 Å². The minimum atomic E-state index is -0.713. The second kappa shape index (κ2) is 9.74. The summed E-state index contributed by atoms with van der Waals surface area (Å²) in [5.74, 6) is -0.236. The van der Waals surface area contributed by atoms with Crippen molar-refractivity contribution in [3.05, 3.63) is 57.8 Å². The number of amides is 1. The number of ether oxygens (including phenoxy) is 2. The summed E-state index contributed by atoms with van der Waals surface area (Å²) < 4.78 is 25.5. The van der Waals surface area contributed by atoms with E-state index in [0.717, 1.165) is 0 Å². The molecule has 2 aromatic carbocycles. The minimum Gasteiger partial charge on any atom is -0.493 e. The monoisotopic (exact) mass is 432 g/mol. The van der Waals surface area contributed by atoms with Gasteiger partial charge in [-0.3, -0.25) is 4.79 Å². The van der Waals surface area contributed by atoms with Crippen LogP contribution in [0, 0.1) is 17.1 Å². The van der Waals surface area contributed by atoms with Crippen LogP contribution >= 0.6 is 15.9 Å². The molecule has 5 nitrogen and oxygen atoms in total. The second-order valence-electron chi connectivity index (χ2n) is 5.29. The van der Waals surface area contributed by atoms with Gasteiger partial charge in [-0.25, -0.2) is 4.39 Å². The van der Waals surface area contributed by atoms with Gasteiger partial charge >= 0.3 is 0 Å². The maximum absolute atomic E-state index is 13.7. The highest BCUT2D eigenvalue weighted by molar-refractivity contribution is 9.10. The maximum atomic E-state index is 13.7. The molecule has 0 saturated carbocycles. The van der Waals surface area contributed by atoms with Crippen LogP contribution in [0.25, 0.3) is 6.08 Å². The highest BCUT2D eigenvalue weighted by Crippen LogP contribution is 2.34. The lowest BCUT2D eigenvalue weighted by molar-refractivity contribution is -0.112. The summed E-state index contributed by atoms with van der Waals surface area (Å²) in [7, 11) is 0. The van der Waals surface area contributed by atoms with E-state index in [-0.39, 0.29) is 11.3 Å². The van der Waals surface area contributed by atoms with Crippen LogP contribution in [0.1, 0.15) is 19.4 Å². The van der Waals surface area contributed by atoms with Crippen LogP contribution in [-0.4, -0.2) is 19.1 Å². The standard InChI is InChI=1S/C20H18BrFN2O3/c1-3-26-18-11-19(27-4-2)15(21)10-13(18)9-14(12-23)20(25)24-17-8-6-5-7-16(17)22/h5-11H,3-4H2,1-2H3,(H,24,25)/b14-9-. The third-order valence-corrected chi connectivity index (χ3v) is 4.07. The number of hydrogen-bond donors (Lipinski definition) is 1. The molecule has 27 heavy (non-hydrogen) atoms. The highest BCUT2D eigenvalue weighted by atomic mass is 79.9. The summed E-state index contributed by atoms with van der Waals surface area (Å²) >= 11 is 3.40. The van der Waals surface area contributed by atoms with Gasteiger partial charge in [0.25, 0.3) is 5.91 Å². The first-order valence-corrected chi connectivity index (χ1v) is 9.06. The highest BCUT2D eigenvalue weighted by Gasteiger charge is 2.15. The molecule has 0 aliphatic carbocycles. The first-order chi connectivity index (χ1) is 13.0. The summed E-state index contributed by atoms with van der Waals surface area (Å²) in [6.07, 6.45) is 1.39. The van der Waals surface area contributed by atoms with E-state index in [9.17, 15) is 14.4 Å². The third-order valence-electron chi connectivity index (χ3n) is 3.45. The molecule has 0 spiro atoms. The van der Waals surface area contributed by atoms with Gasteiger partial charge in [-0.2, -0.15) is 5.26 Å². The maximum Gasteiger partial charge on any atom is 0.266 e. The van der Waals surface area contributed by atoms with Crippen LogP contribution in [0.3, 0.4) is 0 Å². The number of para-hydroxylation sites is 1. The molecule has 0 bridgehead atoms. The van der Waals surface area contributed by atoms with Crippen molar-refractivity contribution in [1.29, 1.82) is 5.26 Å². The lowest BCUT2D eigenvalue weighted by atomic mass is 10.1. The Morgan fingerprint density at radius 3 is 2.52 bits per heavy atom. The van der Waals surface area contributed by atoms with Crippen LogP contribution in [0.2, 0.25) is 0 Å². The van der Waals surface area contributed by atoms with Gasteiger partial charge in [0.2, 0.25) is 0 Å². The number of hydrogen-bond acceptors (Lipinski definition) is 4. The van der Waals surface area contributed by atoms with Crippen molar-refractivity contribution < 1.29 is 18.7 Å². The molecular formula is C20H18BrFN2O3. The number of anilines is 1. The van der Waals surface area contributed by atoms with E-state index < -0.39 is 11.7 Å². The second-order valence-corrected chi connectivity index (χ2v) is 6.14.